The Morgan fingerprint density at radius 2 is 2.20 bits per heavy atom. The van der Waals surface area contributed by atoms with Gasteiger partial charge in [0.05, 0.1) is 0 Å². The number of hydrogen-bond acceptors (Lipinski definition) is 5. The van der Waals surface area contributed by atoms with E-state index in [2.05, 4.69) is 52.9 Å². The Labute approximate surface area is 154 Å². The van der Waals surface area contributed by atoms with Gasteiger partial charge < -0.3 is 10.3 Å². The summed E-state index contributed by atoms with van der Waals surface area (Å²) in [7, 11) is 0. The standard InChI is InChI=1S/C18H23N5OS.2H2/c1-11(8-18(2,3)4)7-14(24)23-17-22-13(9-25-17)15-12-5-6-19-16(12)21-10-20-15;;/h5-6,9-11H,7-8H2,1-4H3,(H,19,20,21)(H,22,23,24);2*1H. The van der Waals surface area contributed by atoms with Crippen molar-refractivity contribution in [3.63, 3.8) is 0 Å². The zero-order valence-corrected chi connectivity index (χ0v) is 15.8. The van der Waals surface area contributed by atoms with Crippen molar-refractivity contribution in [2.45, 2.75) is 40.5 Å². The summed E-state index contributed by atoms with van der Waals surface area (Å²) in [5.74, 6) is 0.341. The van der Waals surface area contributed by atoms with E-state index in [1.165, 1.54) is 17.7 Å². The Hall–Kier alpha value is -2.28. The highest BCUT2D eigenvalue weighted by Crippen LogP contribution is 2.29. The van der Waals surface area contributed by atoms with E-state index >= 15 is 0 Å². The van der Waals surface area contributed by atoms with Gasteiger partial charge in [-0.05, 0) is 23.8 Å². The molecule has 7 heteroatoms. The highest BCUT2D eigenvalue weighted by molar-refractivity contribution is 7.14. The van der Waals surface area contributed by atoms with Gasteiger partial charge in [0.15, 0.2) is 5.13 Å². The molecular formula is C18H27N5OS. The Kier molecular flexibility index (Phi) is 4.85. The number of aromatic nitrogens is 4. The molecule has 3 rings (SSSR count). The van der Waals surface area contributed by atoms with Crippen molar-refractivity contribution in [3.8, 4) is 11.4 Å². The average Bonchev–Trinajstić information content (AvgIpc) is 3.12. The zero-order valence-electron chi connectivity index (χ0n) is 15.0. The quantitative estimate of drug-likeness (QED) is 0.671. The minimum atomic E-state index is 0. The molecule has 1 atom stereocenters. The summed E-state index contributed by atoms with van der Waals surface area (Å²) in [4.78, 5) is 28.3. The molecule has 6 nitrogen and oxygen atoms in total. The van der Waals surface area contributed by atoms with E-state index in [1.807, 2.05) is 17.6 Å². The first-order valence-electron chi connectivity index (χ1n) is 8.36. The molecule has 136 valence electrons. The fourth-order valence-electron chi connectivity index (χ4n) is 3.12. The van der Waals surface area contributed by atoms with Gasteiger partial charge >= 0.3 is 0 Å². The number of nitrogens with zero attached hydrogens (tertiary/aromatic N) is 3. The lowest BCUT2D eigenvalue weighted by molar-refractivity contribution is -0.117. The van der Waals surface area contributed by atoms with Gasteiger partial charge in [-0.15, -0.1) is 11.3 Å². The highest BCUT2D eigenvalue weighted by Gasteiger charge is 2.18. The molecule has 0 aliphatic carbocycles. The molecule has 3 aromatic heterocycles. The van der Waals surface area contributed by atoms with Gasteiger partial charge in [0.2, 0.25) is 5.91 Å². The number of aromatic amines is 1. The van der Waals surface area contributed by atoms with E-state index in [0.29, 0.717) is 17.5 Å². The molecule has 3 heterocycles. The molecule has 1 unspecified atom stereocenters. The third-order valence-corrected chi connectivity index (χ3v) is 4.60. The number of amides is 1. The van der Waals surface area contributed by atoms with E-state index in [-0.39, 0.29) is 14.2 Å². The van der Waals surface area contributed by atoms with Crippen LogP contribution in [0.5, 0.6) is 0 Å². The summed E-state index contributed by atoms with van der Waals surface area (Å²) in [6.07, 6.45) is 4.85. The topological polar surface area (TPSA) is 83.6 Å². The van der Waals surface area contributed by atoms with Crippen LogP contribution >= 0.6 is 11.3 Å². The molecule has 1 amide bonds. The maximum atomic E-state index is 12.3. The van der Waals surface area contributed by atoms with Gasteiger partial charge in [-0.3, -0.25) is 4.79 Å². The average molecular weight is 362 g/mol. The molecule has 2 N–H and O–H groups in total. The largest absolute Gasteiger partial charge is 0.346 e. The molecule has 0 aliphatic rings. The molecule has 0 fully saturated rings. The second-order valence-corrected chi connectivity index (χ2v) is 8.48. The predicted molar refractivity (Wildman–Crippen MR) is 106 cm³/mol. The first-order valence-corrected chi connectivity index (χ1v) is 9.23. The Bertz CT molecular complexity index is 887. The van der Waals surface area contributed by atoms with Crippen LogP contribution in [0.15, 0.2) is 24.0 Å². The van der Waals surface area contributed by atoms with Gasteiger partial charge in [-0.2, -0.15) is 0 Å². The molecule has 0 aliphatic heterocycles. The van der Waals surface area contributed by atoms with Crippen molar-refractivity contribution in [2.75, 3.05) is 5.32 Å². The Morgan fingerprint density at radius 1 is 1.40 bits per heavy atom. The van der Waals surface area contributed by atoms with Crippen LogP contribution in [0.4, 0.5) is 5.13 Å². The van der Waals surface area contributed by atoms with Crippen LogP contribution in [0.2, 0.25) is 0 Å². The number of thiazole rings is 1. The van der Waals surface area contributed by atoms with E-state index < -0.39 is 0 Å². The van der Waals surface area contributed by atoms with Gasteiger partial charge in [0, 0.05) is 26.2 Å². The molecular weight excluding hydrogens is 334 g/mol. The van der Waals surface area contributed by atoms with Crippen LogP contribution in [0, 0.1) is 11.3 Å². The fraction of sp³-hybridized carbons (Fsp3) is 0.444. The van der Waals surface area contributed by atoms with Crippen molar-refractivity contribution >= 4 is 33.4 Å². The van der Waals surface area contributed by atoms with Crippen molar-refractivity contribution in [3.05, 3.63) is 24.0 Å². The van der Waals surface area contributed by atoms with Crippen molar-refractivity contribution in [1.29, 1.82) is 0 Å². The number of anilines is 1. The molecule has 0 radical (unpaired) electrons. The number of hydrogen-bond donors (Lipinski definition) is 2. The maximum absolute atomic E-state index is 12.3. The minimum Gasteiger partial charge on any atom is -0.346 e. The molecule has 0 saturated carbocycles. The summed E-state index contributed by atoms with van der Waals surface area (Å²) in [6.45, 7) is 8.69. The molecule has 25 heavy (non-hydrogen) atoms. The summed E-state index contributed by atoms with van der Waals surface area (Å²) in [5.41, 5.74) is 2.52. The second kappa shape index (κ2) is 6.92. The van der Waals surface area contributed by atoms with Crippen molar-refractivity contribution in [2.24, 2.45) is 11.3 Å². The third-order valence-electron chi connectivity index (χ3n) is 3.84. The molecule has 0 aromatic carbocycles. The third kappa shape index (κ3) is 4.42. The van der Waals surface area contributed by atoms with Gasteiger partial charge in [0.1, 0.15) is 23.4 Å². The van der Waals surface area contributed by atoms with E-state index in [1.54, 1.807) is 0 Å². The predicted octanol–water partition coefficient (Wildman–Crippen LogP) is 4.97. The zero-order chi connectivity index (χ0) is 18.0. The summed E-state index contributed by atoms with van der Waals surface area (Å²) < 4.78 is 0. The Morgan fingerprint density at radius 3 is 2.96 bits per heavy atom. The second-order valence-electron chi connectivity index (χ2n) is 7.62. The van der Waals surface area contributed by atoms with Crippen LogP contribution in [-0.2, 0) is 4.79 Å². The smallest absolute Gasteiger partial charge is 0.226 e. The fourth-order valence-corrected chi connectivity index (χ4v) is 3.83. The molecule has 3 aromatic rings. The van der Waals surface area contributed by atoms with Gasteiger partial charge in [0.25, 0.3) is 0 Å². The van der Waals surface area contributed by atoms with Crippen LogP contribution in [-0.4, -0.2) is 25.8 Å². The Balaban J connectivity index is 0.00000182. The van der Waals surface area contributed by atoms with Crippen LogP contribution in [0.1, 0.15) is 43.4 Å². The molecule has 0 saturated heterocycles. The monoisotopic (exact) mass is 361 g/mol. The van der Waals surface area contributed by atoms with E-state index in [4.69, 9.17) is 0 Å². The maximum Gasteiger partial charge on any atom is 0.226 e. The van der Waals surface area contributed by atoms with Crippen LogP contribution in [0.3, 0.4) is 0 Å². The SMILES string of the molecule is CC(CC(=O)Nc1nc(-c2ncnc3[nH]ccc23)cs1)CC(C)(C)C.[HH].[HH]. The molecule has 0 spiro atoms. The number of H-pyrrole nitrogens is 1. The van der Waals surface area contributed by atoms with Crippen molar-refractivity contribution < 1.29 is 7.65 Å². The number of carbonyl (C=O) groups excluding carboxylic acids is 1. The number of fused-ring (bicyclic) bond motifs is 1. The summed E-state index contributed by atoms with van der Waals surface area (Å²) in [5, 5.41) is 6.34. The highest BCUT2D eigenvalue weighted by atomic mass is 32.1. The van der Waals surface area contributed by atoms with Gasteiger partial charge in [-0.1, -0.05) is 27.7 Å². The number of rotatable bonds is 5. The lowest BCUT2D eigenvalue weighted by Crippen LogP contribution is -2.18. The minimum absolute atomic E-state index is 0. The van der Waals surface area contributed by atoms with E-state index in [0.717, 1.165) is 28.8 Å². The summed E-state index contributed by atoms with van der Waals surface area (Å²) >= 11 is 1.41. The van der Waals surface area contributed by atoms with Crippen LogP contribution in [0.25, 0.3) is 22.4 Å². The lowest BCUT2D eigenvalue weighted by Gasteiger charge is -2.22. The number of nitrogens with one attached hydrogen (secondary N) is 2. The number of carbonyl (C=O) groups is 1. The lowest BCUT2D eigenvalue weighted by atomic mass is 9.84. The first-order chi connectivity index (χ1) is 11.8. The van der Waals surface area contributed by atoms with Crippen molar-refractivity contribution in [1.82, 2.24) is 19.9 Å². The van der Waals surface area contributed by atoms with Gasteiger partial charge in [-0.25, -0.2) is 15.0 Å². The molecule has 0 bridgehead atoms. The van der Waals surface area contributed by atoms with E-state index in [9.17, 15) is 4.79 Å². The first kappa shape index (κ1) is 17.5. The normalized spacial score (nSPS) is 13.1. The van der Waals surface area contributed by atoms with Crippen LogP contribution < -0.4 is 5.32 Å². The summed E-state index contributed by atoms with van der Waals surface area (Å²) in [6, 6.07) is 1.93.